The molecule has 0 aromatic carbocycles. The third kappa shape index (κ3) is 2.82. The Balaban J connectivity index is 1.63. The lowest BCUT2D eigenvalue weighted by atomic mass is 10.2. The van der Waals surface area contributed by atoms with Crippen molar-refractivity contribution in [3.8, 4) is 0 Å². The lowest BCUT2D eigenvalue weighted by molar-refractivity contribution is 0.213. The highest BCUT2D eigenvalue weighted by molar-refractivity contribution is 6.29. The number of hydrogen-bond acceptors (Lipinski definition) is 4. The van der Waals surface area contributed by atoms with Gasteiger partial charge in [0.15, 0.2) is 5.15 Å². The van der Waals surface area contributed by atoms with Gasteiger partial charge in [-0.15, -0.1) is 5.10 Å². The van der Waals surface area contributed by atoms with Crippen LogP contribution in [0.15, 0.2) is 12.1 Å². The molecule has 0 radical (unpaired) electrons. The first-order chi connectivity index (χ1) is 8.81. The van der Waals surface area contributed by atoms with Crippen LogP contribution in [0.4, 0.5) is 0 Å². The van der Waals surface area contributed by atoms with Crippen molar-refractivity contribution in [2.24, 2.45) is 0 Å². The standard InChI is InChI=1S/C13H19ClN4/c14-13-5-4-11(15-16-13)9-17-6-2-8-18-7-1-3-12(18)10-17/h4-5,12H,1-3,6-10H2. The van der Waals surface area contributed by atoms with Gasteiger partial charge in [0.1, 0.15) is 0 Å². The molecule has 1 atom stereocenters. The van der Waals surface area contributed by atoms with Gasteiger partial charge in [-0.1, -0.05) is 11.6 Å². The minimum Gasteiger partial charge on any atom is -0.299 e. The average Bonchev–Trinajstić information content (AvgIpc) is 2.71. The van der Waals surface area contributed by atoms with Crippen LogP contribution in [0.3, 0.4) is 0 Å². The molecule has 0 saturated carbocycles. The second kappa shape index (κ2) is 5.51. The van der Waals surface area contributed by atoms with E-state index in [-0.39, 0.29) is 0 Å². The summed E-state index contributed by atoms with van der Waals surface area (Å²) in [6.45, 7) is 5.78. The Labute approximate surface area is 113 Å². The zero-order valence-corrected chi connectivity index (χ0v) is 11.3. The molecule has 1 unspecified atom stereocenters. The van der Waals surface area contributed by atoms with Crippen LogP contribution >= 0.6 is 11.6 Å². The van der Waals surface area contributed by atoms with Crippen LogP contribution in [-0.2, 0) is 6.54 Å². The fourth-order valence-electron chi connectivity index (χ4n) is 3.08. The highest BCUT2D eigenvalue weighted by Crippen LogP contribution is 2.22. The van der Waals surface area contributed by atoms with E-state index < -0.39 is 0 Å². The number of nitrogens with zero attached hydrogens (tertiary/aromatic N) is 4. The Morgan fingerprint density at radius 2 is 2.06 bits per heavy atom. The van der Waals surface area contributed by atoms with Crippen molar-refractivity contribution in [3.05, 3.63) is 23.0 Å². The molecule has 5 heteroatoms. The molecule has 2 fully saturated rings. The predicted octanol–water partition coefficient (Wildman–Crippen LogP) is 1.80. The van der Waals surface area contributed by atoms with Crippen molar-refractivity contribution in [1.29, 1.82) is 0 Å². The van der Waals surface area contributed by atoms with Gasteiger partial charge in [-0.2, -0.15) is 5.10 Å². The van der Waals surface area contributed by atoms with Gasteiger partial charge in [-0.3, -0.25) is 9.80 Å². The van der Waals surface area contributed by atoms with Crippen molar-refractivity contribution >= 4 is 11.6 Å². The van der Waals surface area contributed by atoms with Gasteiger partial charge in [0.2, 0.25) is 0 Å². The molecule has 3 heterocycles. The Morgan fingerprint density at radius 1 is 1.17 bits per heavy atom. The molecule has 2 aliphatic heterocycles. The van der Waals surface area contributed by atoms with Gasteiger partial charge in [0, 0.05) is 19.1 Å². The van der Waals surface area contributed by atoms with Crippen LogP contribution in [0.25, 0.3) is 0 Å². The van der Waals surface area contributed by atoms with Crippen LogP contribution in [0.5, 0.6) is 0 Å². The van der Waals surface area contributed by atoms with E-state index in [0.29, 0.717) is 5.15 Å². The SMILES string of the molecule is Clc1ccc(CN2CCCN3CCCC3C2)nn1. The molecule has 1 aromatic rings. The molecule has 3 rings (SSSR count). The molecule has 2 aliphatic rings. The van der Waals surface area contributed by atoms with E-state index in [1.807, 2.05) is 12.1 Å². The van der Waals surface area contributed by atoms with E-state index in [1.54, 1.807) is 0 Å². The first kappa shape index (κ1) is 12.3. The summed E-state index contributed by atoms with van der Waals surface area (Å²) in [6.07, 6.45) is 3.97. The smallest absolute Gasteiger partial charge is 0.151 e. The third-order valence-electron chi connectivity index (χ3n) is 3.96. The van der Waals surface area contributed by atoms with Gasteiger partial charge in [0.05, 0.1) is 5.69 Å². The van der Waals surface area contributed by atoms with E-state index in [0.717, 1.165) is 24.8 Å². The van der Waals surface area contributed by atoms with Crippen LogP contribution in [0, 0.1) is 0 Å². The summed E-state index contributed by atoms with van der Waals surface area (Å²) in [7, 11) is 0. The summed E-state index contributed by atoms with van der Waals surface area (Å²) in [5.74, 6) is 0. The molecule has 98 valence electrons. The van der Waals surface area contributed by atoms with Crippen molar-refractivity contribution in [2.75, 3.05) is 26.2 Å². The van der Waals surface area contributed by atoms with E-state index in [1.165, 1.54) is 38.9 Å². The van der Waals surface area contributed by atoms with Gasteiger partial charge < -0.3 is 0 Å². The van der Waals surface area contributed by atoms with Crippen LogP contribution in [-0.4, -0.2) is 52.2 Å². The highest BCUT2D eigenvalue weighted by atomic mass is 35.5. The maximum absolute atomic E-state index is 5.76. The molecule has 0 N–H and O–H groups in total. The highest BCUT2D eigenvalue weighted by Gasteiger charge is 2.28. The van der Waals surface area contributed by atoms with Gasteiger partial charge in [-0.05, 0) is 51.0 Å². The van der Waals surface area contributed by atoms with Crippen LogP contribution < -0.4 is 0 Å². The van der Waals surface area contributed by atoms with E-state index >= 15 is 0 Å². The maximum Gasteiger partial charge on any atom is 0.151 e. The Kier molecular flexibility index (Phi) is 3.77. The van der Waals surface area contributed by atoms with Gasteiger partial charge in [0.25, 0.3) is 0 Å². The lowest BCUT2D eigenvalue weighted by Gasteiger charge is -2.25. The molecule has 18 heavy (non-hydrogen) atoms. The number of fused-ring (bicyclic) bond motifs is 1. The summed E-state index contributed by atoms with van der Waals surface area (Å²) in [5.41, 5.74) is 1.02. The first-order valence-corrected chi connectivity index (χ1v) is 7.13. The Bertz CT molecular complexity index is 394. The quantitative estimate of drug-likeness (QED) is 0.817. The maximum atomic E-state index is 5.76. The topological polar surface area (TPSA) is 32.3 Å². The third-order valence-corrected chi connectivity index (χ3v) is 4.16. The van der Waals surface area contributed by atoms with E-state index in [4.69, 9.17) is 11.6 Å². The second-order valence-corrected chi connectivity index (χ2v) is 5.66. The minimum atomic E-state index is 0.469. The first-order valence-electron chi connectivity index (χ1n) is 6.76. The zero-order valence-electron chi connectivity index (χ0n) is 10.6. The number of rotatable bonds is 2. The van der Waals surface area contributed by atoms with E-state index in [9.17, 15) is 0 Å². The van der Waals surface area contributed by atoms with Crippen molar-refractivity contribution in [3.63, 3.8) is 0 Å². The Hall–Kier alpha value is -0.710. The average molecular weight is 267 g/mol. The molecule has 0 aliphatic carbocycles. The summed E-state index contributed by atoms with van der Waals surface area (Å²) >= 11 is 5.76. The van der Waals surface area contributed by atoms with Crippen LogP contribution in [0.2, 0.25) is 5.15 Å². The number of hydrogen-bond donors (Lipinski definition) is 0. The molecule has 2 saturated heterocycles. The summed E-state index contributed by atoms with van der Waals surface area (Å²) in [5, 5.41) is 8.53. The van der Waals surface area contributed by atoms with E-state index in [2.05, 4.69) is 20.0 Å². The zero-order chi connectivity index (χ0) is 12.4. The van der Waals surface area contributed by atoms with Gasteiger partial charge >= 0.3 is 0 Å². The molecule has 0 spiro atoms. The molecular formula is C13H19ClN4. The van der Waals surface area contributed by atoms with Crippen molar-refractivity contribution in [1.82, 2.24) is 20.0 Å². The summed E-state index contributed by atoms with van der Waals surface area (Å²) in [6, 6.07) is 4.56. The molecule has 1 aromatic heterocycles. The molecular weight excluding hydrogens is 248 g/mol. The predicted molar refractivity (Wildman–Crippen MR) is 71.5 cm³/mol. The lowest BCUT2D eigenvalue weighted by Crippen LogP contribution is -2.36. The minimum absolute atomic E-state index is 0.469. The van der Waals surface area contributed by atoms with Gasteiger partial charge in [-0.25, -0.2) is 0 Å². The van der Waals surface area contributed by atoms with Crippen molar-refractivity contribution in [2.45, 2.75) is 31.8 Å². The normalized spacial score (nSPS) is 25.9. The summed E-state index contributed by atoms with van der Waals surface area (Å²) in [4.78, 5) is 5.15. The number of aromatic nitrogens is 2. The largest absolute Gasteiger partial charge is 0.299 e. The molecule has 0 amide bonds. The molecule has 0 bridgehead atoms. The fourth-order valence-corrected chi connectivity index (χ4v) is 3.18. The monoisotopic (exact) mass is 266 g/mol. The second-order valence-electron chi connectivity index (χ2n) is 5.27. The summed E-state index contributed by atoms with van der Waals surface area (Å²) < 4.78 is 0. The number of halogens is 1. The Morgan fingerprint density at radius 3 is 2.89 bits per heavy atom. The fraction of sp³-hybridized carbons (Fsp3) is 0.692. The molecule has 4 nitrogen and oxygen atoms in total. The van der Waals surface area contributed by atoms with Crippen molar-refractivity contribution < 1.29 is 0 Å². The van der Waals surface area contributed by atoms with Crippen LogP contribution in [0.1, 0.15) is 25.0 Å².